The van der Waals surface area contributed by atoms with E-state index in [9.17, 15) is 0 Å². The normalized spacial score (nSPS) is 24.6. The third-order valence-electron chi connectivity index (χ3n) is 3.26. The molecule has 1 atom stereocenters. The van der Waals surface area contributed by atoms with Crippen LogP contribution in [0.4, 0.5) is 0 Å². The summed E-state index contributed by atoms with van der Waals surface area (Å²) < 4.78 is 0. The van der Waals surface area contributed by atoms with Crippen molar-refractivity contribution in [2.24, 2.45) is 0 Å². The maximum atomic E-state index is 2.28. The lowest BCUT2D eigenvalue weighted by Crippen LogP contribution is -1.88. The summed E-state index contributed by atoms with van der Waals surface area (Å²) in [7, 11) is 0. The molecule has 2 rings (SSSR count). The van der Waals surface area contributed by atoms with Crippen molar-refractivity contribution < 1.29 is 0 Å². The van der Waals surface area contributed by atoms with Crippen LogP contribution >= 0.6 is 0 Å². The second-order valence-electron chi connectivity index (χ2n) is 4.16. The highest BCUT2D eigenvalue weighted by atomic mass is 14.3. The fraction of sp³-hybridized carbons (Fsp3) is 0.250. The van der Waals surface area contributed by atoms with Crippen LogP contribution in [-0.2, 0) is 0 Å². The van der Waals surface area contributed by atoms with Crippen LogP contribution in [0.1, 0.15) is 37.8 Å². The first kappa shape index (κ1) is 10.9. The van der Waals surface area contributed by atoms with E-state index in [-0.39, 0.29) is 0 Å². The maximum Gasteiger partial charge on any atom is 0.00700 e. The lowest BCUT2D eigenvalue weighted by atomic mass is 9.99. The number of hydrogen-bond donors (Lipinski definition) is 0. The SMILES string of the molecule is C\C=C1/C(=C\C=C\C)c2ccccc2C1C. The first-order valence-electron chi connectivity index (χ1n) is 5.88. The van der Waals surface area contributed by atoms with E-state index in [2.05, 4.69) is 69.3 Å². The van der Waals surface area contributed by atoms with Crippen molar-refractivity contribution in [2.45, 2.75) is 26.7 Å². The summed E-state index contributed by atoms with van der Waals surface area (Å²) >= 11 is 0. The van der Waals surface area contributed by atoms with E-state index in [1.165, 1.54) is 22.3 Å². The fourth-order valence-corrected chi connectivity index (χ4v) is 2.46. The second-order valence-corrected chi connectivity index (χ2v) is 4.16. The number of fused-ring (bicyclic) bond motifs is 1. The van der Waals surface area contributed by atoms with Gasteiger partial charge in [-0.3, -0.25) is 0 Å². The van der Waals surface area contributed by atoms with Crippen molar-refractivity contribution in [3.8, 4) is 0 Å². The van der Waals surface area contributed by atoms with E-state index in [4.69, 9.17) is 0 Å². The fourth-order valence-electron chi connectivity index (χ4n) is 2.46. The van der Waals surface area contributed by atoms with E-state index < -0.39 is 0 Å². The Labute approximate surface area is 98.0 Å². The highest BCUT2D eigenvalue weighted by Gasteiger charge is 2.26. The molecular weight excluding hydrogens is 192 g/mol. The second kappa shape index (κ2) is 4.52. The van der Waals surface area contributed by atoms with Crippen LogP contribution in [0.15, 0.2) is 54.1 Å². The molecule has 82 valence electrons. The molecular formula is C16H18. The molecule has 1 aliphatic carbocycles. The summed E-state index contributed by atoms with van der Waals surface area (Å²) in [6.45, 7) is 6.46. The topological polar surface area (TPSA) is 0 Å². The molecule has 0 spiro atoms. The smallest absolute Gasteiger partial charge is 0.00700 e. The summed E-state index contributed by atoms with van der Waals surface area (Å²) in [6, 6.07) is 8.70. The van der Waals surface area contributed by atoms with E-state index >= 15 is 0 Å². The molecule has 16 heavy (non-hydrogen) atoms. The van der Waals surface area contributed by atoms with Crippen LogP contribution in [0.25, 0.3) is 5.57 Å². The molecule has 0 saturated heterocycles. The van der Waals surface area contributed by atoms with Gasteiger partial charge in [0, 0.05) is 5.92 Å². The first-order valence-corrected chi connectivity index (χ1v) is 5.88. The van der Waals surface area contributed by atoms with Gasteiger partial charge in [-0.05, 0) is 36.1 Å². The Morgan fingerprint density at radius 3 is 2.56 bits per heavy atom. The van der Waals surface area contributed by atoms with Gasteiger partial charge >= 0.3 is 0 Å². The molecule has 0 radical (unpaired) electrons. The zero-order valence-electron chi connectivity index (χ0n) is 10.2. The number of benzene rings is 1. The lowest BCUT2D eigenvalue weighted by molar-refractivity contribution is 0.955. The van der Waals surface area contributed by atoms with Crippen molar-refractivity contribution >= 4 is 5.57 Å². The summed E-state index contributed by atoms with van der Waals surface area (Å²) in [5, 5.41) is 0. The summed E-state index contributed by atoms with van der Waals surface area (Å²) in [5.74, 6) is 0.526. The highest BCUT2D eigenvalue weighted by molar-refractivity contribution is 5.88. The van der Waals surface area contributed by atoms with Gasteiger partial charge in [0.15, 0.2) is 0 Å². The molecule has 1 aromatic carbocycles. The van der Waals surface area contributed by atoms with Crippen molar-refractivity contribution in [1.29, 1.82) is 0 Å². The Morgan fingerprint density at radius 2 is 1.88 bits per heavy atom. The van der Waals surface area contributed by atoms with Gasteiger partial charge < -0.3 is 0 Å². The predicted octanol–water partition coefficient (Wildman–Crippen LogP) is 4.71. The molecule has 0 nitrogen and oxygen atoms in total. The molecule has 0 heterocycles. The van der Waals surface area contributed by atoms with Crippen LogP contribution in [0.5, 0.6) is 0 Å². The monoisotopic (exact) mass is 210 g/mol. The summed E-state index contributed by atoms with van der Waals surface area (Å²) in [5.41, 5.74) is 5.66. The van der Waals surface area contributed by atoms with Crippen LogP contribution < -0.4 is 0 Å². The summed E-state index contributed by atoms with van der Waals surface area (Å²) in [4.78, 5) is 0. The van der Waals surface area contributed by atoms with E-state index in [0.29, 0.717) is 5.92 Å². The Bertz CT molecular complexity index is 473. The van der Waals surface area contributed by atoms with Crippen molar-refractivity contribution in [1.82, 2.24) is 0 Å². The standard InChI is InChI=1S/C16H18/c1-4-6-9-15-13(5-2)12(3)14-10-7-8-11-16(14)15/h4-12H,1-3H3/b6-4+,13-5-,15-9+. The molecule has 0 heteroatoms. The quantitative estimate of drug-likeness (QED) is 0.629. The minimum atomic E-state index is 0.526. The minimum absolute atomic E-state index is 0.526. The van der Waals surface area contributed by atoms with Gasteiger partial charge in [0.1, 0.15) is 0 Å². The van der Waals surface area contributed by atoms with Crippen LogP contribution in [0.3, 0.4) is 0 Å². The van der Waals surface area contributed by atoms with Gasteiger partial charge in [0.25, 0.3) is 0 Å². The molecule has 0 fully saturated rings. The number of hydrogen-bond acceptors (Lipinski definition) is 0. The highest BCUT2D eigenvalue weighted by Crippen LogP contribution is 2.44. The molecule has 0 saturated carbocycles. The van der Waals surface area contributed by atoms with Gasteiger partial charge in [-0.15, -0.1) is 0 Å². The average molecular weight is 210 g/mol. The van der Waals surface area contributed by atoms with Gasteiger partial charge in [0.2, 0.25) is 0 Å². The van der Waals surface area contributed by atoms with Crippen LogP contribution in [-0.4, -0.2) is 0 Å². The average Bonchev–Trinajstić information content (AvgIpc) is 2.60. The Hall–Kier alpha value is -1.56. The lowest BCUT2D eigenvalue weighted by Gasteiger charge is -2.05. The molecule has 1 aromatic rings. The first-order chi connectivity index (χ1) is 7.79. The Kier molecular flexibility index (Phi) is 3.09. The van der Waals surface area contributed by atoms with Gasteiger partial charge in [-0.1, -0.05) is 55.5 Å². The van der Waals surface area contributed by atoms with Gasteiger partial charge in [-0.25, -0.2) is 0 Å². The number of allylic oxidation sites excluding steroid dienone is 6. The summed E-state index contributed by atoms with van der Waals surface area (Å²) in [6.07, 6.45) is 8.65. The Morgan fingerprint density at radius 1 is 1.12 bits per heavy atom. The zero-order chi connectivity index (χ0) is 11.5. The van der Waals surface area contributed by atoms with Crippen molar-refractivity contribution in [3.05, 3.63) is 65.3 Å². The van der Waals surface area contributed by atoms with Crippen LogP contribution in [0.2, 0.25) is 0 Å². The Balaban J connectivity index is 2.60. The van der Waals surface area contributed by atoms with E-state index in [1.807, 2.05) is 0 Å². The largest absolute Gasteiger partial charge is 0.0876 e. The molecule has 0 bridgehead atoms. The van der Waals surface area contributed by atoms with Crippen LogP contribution in [0, 0.1) is 0 Å². The van der Waals surface area contributed by atoms with Crippen molar-refractivity contribution in [3.63, 3.8) is 0 Å². The molecule has 0 amide bonds. The van der Waals surface area contributed by atoms with Gasteiger partial charge in [0.05, 0.1) is 0 Å². The third-order valence-corrected chi connectivity index (χ3v) is 3.26. The predicted molar refractivity (Wildman–Crippen MR) is 71.4 cm³/mol. The molecule has 1 unspecified atom stereocenters. The van der Waals surface area contributed by atoms with Gasteiger partial charge in [-0.2, -0.15) is 0 Å². The number of rotatable bonds is 1. The molecule has 0 N–H and O–H groups in total. The van der Waals surface area contributed by atoms with E-state index in [0.717, 1.165) is 0 Å². The van der Waals surface area contributed by atoms with E-state index in [1.54, 1.807) is 0 Å². The molecule has 1 aliphatic rings. The van der Waals surface area contributed by atoms with Crippen molar-refractivity contribution in [2.75, 3.05) is 0 Å². The maximum absolute atomic E-state index is 2.28. The third kappa shape index (κ3) is 1.65. The molecule has 0 aliphatic heterocycles. The zero-order valence-corrected chi connectivity index (χ0v) is 10.2. The molecule has 0 aromatic heterocycles. The minimum Gasteiger partial charge on any atom is -0.0876 e.